The molecule has 6 heteroatoms. The van der Waals surface area contributed by atoms with Crippen molar-refractivity contribution in [3.8, 4) is 5.75 Å². The van der Waals surface area contributed by atoms with Crippen molar-refractivity contribution in [2.24, 2.45) is 0 Å². The molecule has 0 aromatic heterocycles. The Bertz CT molecular complexity index is 1100. The van der Waals surface area contributed by atoms with Gasteiger partial charge in [0.25, 0.3) is 0 Å². The molecule has 0 saturated carbocycles. The Balaban J connectivity index is 1.50. The number of likely N-dealkylation sites (N-methyl/N-ethyl adjacent to an activating group) is 1. The highest BCUT2D eigenvalue weighted by Crippen LogP contribution is 2.16. The van der Waals surface area contributed by atoms with Gasteiger partial charge in [0.15, 0.2) is 5.78 Å². The summed E-state index contributed by atoms with van der Waals surface area (Å²) in [5.41, 5.74) is 4.18. The molecule has 176 valence electrons. The number of hydrogen-bond acceptors (Lipinski definition) is 5. The average Bonchev–Trinajstić information content (AvgIpc) is 2.87. The predicted octanol–water partition coefficient (Wildman–Crippen LogP) is 4.59. The number of methoxy groups -OCH3 is 1. The van der Waals surface area contributed by atoms with Crippen LogP contribution in [-0.4, -0.2) is 44.1 Å². The first-order valence-electron chi connectivity index (χ1n) is 11.2. The zero-order chi connectivity index (χ0) is 24.3. The number of amides is 1. The van der Waals surface area contributed by atoms with Crippen molar-refractivity contribution in [1.29, 1.82) is 0 Å². The first-order chi connectivity index (χ1) is 16.5. The minimum atomic E-state index is -0.112. The van der Waals surface area contributed by atoms with Crippen LogP contribution in [0.15, 0.2) is 78.9 Å². The Labute approximate surface area is 200 Å². The summed E-state index contributed by atoms with van der Waals surface area (Å²) in [5, 5.41) is 11.9. The molecule has 6 nitrogen and oxygen atoms in total. The molecule has 0 aliphatic carbocycles. The van der Waals surface area contributed by atoms with Gasteiger partial charge in [0.1, 0.15) is 5.75 Å². The van der Waals surface area contributed by atoms with E-state index in [1.54, 1.807) is 37.5 Å². The minimum Gasteiger partial charge on any atom is -0.497 e. The summed E-state index contributed by atoms with van der Waals surface area (Å²) in [6.45, 7) is 0.658. The second-order valence-electron chi connectivity index (χ2n) is 7.91. The van der Waals surface area contributed by atoms with Gasteiger partial charge in [-0.05, 0) is 72.2 Å². The lowest BCUT2D eigenvalue weighted by atomic mass is 10.1. The van der Waals surface area contributed by atoms with Crippen molar-refractivity contribution >= 4 is 29.1 Å². The molecular weight excluding hydrogens is 428 g/mol. The van der Waals surface area contributed by atoms with Crippen LogP contribution in [0.3, 0.4) is 0 Å². The number of carbonyl (C=O) groups excluding carboxylic acids is 2. The first kappa shape index (κ1) is 24.7. The molecule has 0 atom stereocenters. The molecule has 0 heterocycles. The number of aliphatic hydroxyl groups excluding tert-OH is 1. The number of anilines is 2. The number of nitrogens with zero attached hydrogens (tertiary/aromatic N) is 1. The number of aryl methyl sites for hydroxylation is 1. The van der Waals surface area contributed by atoms with Gasteiger partial charge in [-0.3, -0.25) is 9.59 Å². The lowest BCUT2D eigenvalue weighted by Gasteiger charge is -2.17. The van der Waals surface area contributed by atoms with E-state index in [0.29, 0.717) is 30.6 Å². The van der Waals surface area contributed by atoms with Crippen LogP contribution in [0.5, 0.6) is 5.75 Å². The maximum Gasteiger partial charge on any atom is 0.224 e. The number of allylic oxidation sites excluding steroid dienone is 1. The monoisotopic (exact) mass is 458 g/mol. The number of ketones is 1. The van der Waals surface area contributed by atoms with Gasteiger partial charge in [-0.2, -0.15) is 0 Å². The molecular formula is C28H30N2O4. The van der Waals surface area contributed by atoms with E-state index in [0.717, 1.165) is 22.6 Å². The highest BCUT2D eigenvalue weighted by molar-refractivity contribution is 6.07. The maximum atomic E-state index is 12.5. The largest absolute Gasteiger partial charge is 0.497 e. The zero-order valence-corrected chi connectivity index (χ0v) is 19.5. The predicted molar refractivity (Wildman–Crippen MR) is 137 cm³/mol. The molecule has 3 aromatic carbocycles. The van der Waals surface area contributed by atoms with Crippen LogP contribution in [-0.2, 0) is 11.2 Å². The summed E-state index contributed by atoms with van der Waals surface area (Å²) >= 11 is 0. The smallest absolute Gasteiger partial charge is 0.224 e. The summed E-state index contributed by atoms with van der Waals surface area (Å²) in [6, 6.07) is 22.3. The number of hydrogen-bond donors (Lipinski definition) is 2. The van der Waals surface area contributed by atoms with E-state index in [4.69, 9.17) is 9.84 Å². The molecule has 0 fully saturated rings. The van der Waals surface area contributed by atoms with Crippen molar-refractivity contribution in [3.63, 3.8) is 0 Å². The van der Waals surface area contributed by atoms with Crippen LogP contribution in [0.25, 0.3) is 6.08 Å². The van der Waals surface area contributed by atoms with Crippen molar-refractivity contribution < 1.29 is 19.4 Å². The van der Waals surface area contributed by atoms with Crippen LogP contribution in [0.1, 0.15) is 27.9 Å². The van der Waals surface area contributed by atoms with Gasteiger partial charge in [0.05, 0.1) is 13.7 Å². The van der Waals surface area contributed by atoms with Gasteiger partial charge in [-0.15, -0.1) is 0 Å². The Kier molecular flexibility index (Phi) is 9.00. The van der Waals surface area contributed by atoms with Crippen LogP contribution in [0, 0.1) is 0 Å². The van der Waals surface area contributed by atoms with Crippen molar-refractivity contribution in [3.05, 3.63) is 95.6 Å². The van der Waals surface area contributed by atoms with Crippen molar-refractivity contribution in [1.82, 2.24) is 0 Å². The molecule has 0 radical (unpaired) electrons. The Morgan fingerprint density at radius 3 is 2.26 bits per heavy atom. The molecule has 34 heavy (non-hydrogen) atoms. The molecule has 0 aliphatic heterocycles. The van der Waals surface area contributed by atoms with Gasteiger partial charge in [-0.25, -0.2) is 0 Å². The summed E-state index contributed by atoms with van der Waals surface area (Å²) < 4.78 is 5.14. The summed E-state index contributed by atoms with van der Waals surface area (Å²) in [7, 11) is 3.54. The lowest BCUT2D eigenvalue weighted by Crippen LogP contribution is -2.20. The maximum absolute atomic E-state index is 12.5. The van der Waals surface area contributed by atoms with E-state index in [2.05, 4.69) is 5.32 Å². The quantitative estimate of drug-likeness (QED) is 0.325. The SMILES string of the molecule is COc1ccc(CCC(=O)Nc2ccc(C(=O)/C=C/c3ccc(N(C)CCO)cc3)cc2)cc1. The van der Waals surface area contributed by atoms with Crippen molar-refractivity contribution in [2.75, 3.05) is 37.5 Å². The highest BCUT2D eigenvalue weighted by Gasteiger charge is 2.06. The molecule has 3 rings (SSSR count). The second kappa shape index (κ2) is 12.4. The van der Waals surface area contributed by atoms with E-state index < -0.39 is 0 Å². The lowest BCUT2D eigenvalue weighted by molar-refractivity contribution is -0.116. The summed E-state index contributed by atoms with van der Waals surface area (Å²) in [5.74, 6) is 0.597. The van der Waals surface area contributed by atoms with E-state index in [9.17, 15) is 9.59 Å². The number of rotatable bonds is 11. The van der Waals surface area contributed by atoms with Crippen LogP contribution in [0.2, 0.25) is 0 Å². The number of ether oxygens (including phenoxy) is 1. The third kappa shape index (κ3) is 7.32. The molecule has 0 bridgehead atoms. The fourth-order valence-electron chi connectivity index (χ4n) is 3.38. The number of benzene rings is 3. The van der Waals surface area contributed by atoms with Crippen LogP contribution in [0.4, 0.5) is 11.4 Å². The molecule has 2 N–H and O–H groups in total. The second-order valence-corrected chi connectivity index (χ2v) is 7.91. The van der Waals surface area contributed by atoms with Gasteiger partial charge in [0, 0.05) is 37.0 Å². The standard InChI is InChI=1S/C28H30N2O4/c1-30(19-20-31)25-13-3-21(4-14-25)7-17-27(32)23-9-11-24(12-10-23)29-28(33)18-8-22-5-15-26(34-2)16-6-22/h3-7,9-17,31H,8,18-20H2,1-2H3,(H,29,33)/b17-7+. The van der Waals surface area contributed by atoms with Crippen LogP contribution < -0.4 is 15.0 Å². The normalized spacial score (nSPS) is 10.8. The molecule has 0 saturated heterocycles. The molecule has 0 unspecified atom stereocenters. The van der Waals surface area contributed by atoms with E-state index in [1.165, 1.54) is 6.08 Å². The Morgan fingerprint density at radius 1 is 0.971 bits per heavy atom. The summed E-state index contributed by atoms with van der Waals surface area (Å²) in [4.78, 5) is 26.7. The molecule has 0 spiro atoms. The van der Waals surface area contributed by atoms with Gasteiger partial charge in [-0.1, -0.05) is 30.3 Å². The van der Waals surface area contributed by atoms with E-state index >= 15 is 0 Å². The van der Waals surface area contributed by atoms with E-state index in [1.807, 2.05) is 60.5 Å². The fourth-order valence-corrected chi connectivity index (χ4v) is 3.38. The Hall–Kier alpha value is -3.90. The average molecular weight is 459 g/mol. The fraction of sp³-hybridized carbons (Fsp3) is 0.214. The van der Waals surface area contributed by atoms with Gasteiger partial charge < -0.3 is 20.1 Å². The number of nitrogens with one attached hydrogen (secondary N) is 1. The van der Waals surface area contributed by atoms with Gasteiger partial charge >= 0.3 is 0 Å². The van der Waals surface area contributed by atoms with E-state index in [-0.39, 0.29) is 18.3 Å². The highest BCUT2D eigenvalue weighted by atomic mass is 16.5. The Morgan fingerprint density at radius 2 is 1.65 bits per heavy atom. The third-order valence-electron chi connectivity index (χ3n) is 5.45. The molecule has 0 aliphatic rings. The molecule has 1 amide bonds. The molecule has 3 aromatic rings. The number of carbonyl (C=O) groups is 2. The minimum absolute atomic E-state index is 0.0807. The number of aliphatic hydroxyl groups is 1. The zero-order valence-electron chi connectivity index (χ0n) is 19.5. The van der Waals surface area contributed by atoms with Crippen LogP contribution >= 0.6 is 0 Å². The van der Waals surface area contributed by atoms with Gasteiger partial charge in [0.2, 0.25) is 5.91 Å². The summed E-state index contributed by atoms with van der Waals surface area (Å²) in [6.07, 6.45) is 4.31. The first-order valence-corrected chi connectivity index (χ1v) is 11.2. The topological polar surface area (TPSA) is 78.9 Å². The van der Waals surface area contributed by atoms with Crippen molar-refractivity contribution in [2.45, 2.75) is 12.8 Å². The third-order valence-corrected chi connectivity index (χ3v) is 5.45.